The van der Waals surface area contributed by atoms with Crippen molar-refractivity contribution in [2.45, 2.75) is 140 Å². The van der Waals surface area contributed by atoms with Crippen molar-refractivity contribution in [2.24, 2.45) is 0 Å². The zero-order valence-corrected chi connectivity index (χ0v) is 61.0. The number of hydrogen-bond donors (Lipinski definition) is 0. The Morgan fingerprint density at radius 3 is 1.04 bits per heavy atom. The van der Waals surface area contributed by atoms with Crippen molar-refractivity contribution in [1.82, 2.24) is 0 Å². The molecule has 2 atom stereocenters. The summed E-state index contributed by atoms with van der Waals surface area (Å²) in [6.45, 7) is -2.84. The maximum Gasteiger partial charge on any atom is 1.00 e. The zero-order valence-electron chi connectivity index (χ0n) is 58.3. The predicted octanol–water partition coefficient (Wildman–Crippen LogP) is 9.97. The van der Waals surface area contributed by atoms with Crippen LogP contribution in [0.4, 0.5) is 174 Å². The monoisotopic (exact) mass is 1810 g/mol. The smallest absolute Gasteiger partial charge is 0.756 e. The minimum Gasteiger partial charge on any atom is -0.756 e. The van der Waals surface area contributed by atoms with Gasteiger partial charge in [0.25, 0.3) is 26.8 Å². The molecule has 2 rings (SSSR count). The van der Waals surface area contributed by atoms with Gasteiger partial charge in [-0.3, -0.25) is 22.7 Å². The molecule has 2 aliphatic heterocycles. The fraction of sp³-hybridized carbons (Fsp3) is 0.844. The number of carbonyl (C=O) groups is 7. The number of ether oxygens (including phenoxy) is 14. The standard InChI is InChI=1S/C7H8F6O3.C6H5F5O3.C6H9F3O3.C5H7F6O4P.C5H7F3O3.C4H5F3O3.C4H4F2O3.C4H6F2O3.C4H11O4P.F2HO2P.2Li/c1-2-3-15-5(14)16-4(6(8,9)10)7(11,12)13;7-5(8,6(9,10)11)1-3-2-13-4(12)14-3;1-2-3-11-5(10)12-4-6(7,8)9;1-13-16(12,14-2-4(6,7)8)15-3-5(9,10)11;1-2-10-4(9)11-3-5(6,7)8;1-9-3(8)10-2-4(5,6)7;5-3(6)2-1-8-4(7)9-2;1-8-4(7)9-2-3(5)6;1-3-7-9(5,6)8-4-2;1-5(2,3)4;;/h4H,2-3H2,1H3;3H,1-2H2;2-4H2,1H3;2-3H2,1H3;2-3H2,1H3;2H2,1H3;2-3H,1H2;3H,2H2,1H3;3-4H2,1-2H3,(H,5,6);(H,3,4);;/q;;;;;;;;;;2*+1/p-2. The van der Waals surface area contributed by atoms with Crippen LogP contribution in [-0.4, -0.2) is 237 Å². The molecular weight excluding hydrogens is 1750 g/mol. The normalized spacial score (nSPS) is 14.2. The van der Waals surface area contributed by atoms with Crippen LogP contribution in [0.1, 0.15) is 53.9 Å². The van der Waals surface area contributed by atoms with Crippen LogP contribution in [0, 0.1) is 0 Å². The molecule has 2 aliphatic rings. The van der Waals surface area contributed by atoms with Crippen molar-refractivity contribution >= 4 is 66.7 Å². The molecule has 0 N–H and O–H groups in total. The van der Waals surface area contributed by atoms with Crippen molar-refractivity contribution in [3.8, 4) is 0 Å². The number of phosphoric acid groups is 2. The summed E-state index contributed by atoms with van der Waals surface area (Å²) < 4.78 is 471. The molecule has 668 valence electrons. The molecule has 0 radical (unpaired) electrons. The summed E-state index contributed by atoms with van der Waals surface area (Å²) in [5, 5.41) is 0. The Morgan fingerprint density at radius 1 is 0.460 bits per heavy atom. The summed E-state index contributed by atoms with van der Waals surface area (Å²) in [5.74, 6) is -4.87. The summed E-state index contributed by atoms with van der Waals surface area (Å²) in [5.41, 5.74) is 0. The molecule has 0 aromatic rings. The van der Waals surface area contributed by atoms with Gasteiger partial charge in [0.05, 0.1) is 53.7 Å². The van der Waals surface area contributed by atoms with Gasteiger partial charge < -0.3 is 85.2 Å². The largest absolute Gasteiger partial charge is 1.00 e. The second-order valence-electron chi connectivity index (χ2n) is 17.1. The maximum absolute atomic E-state index is 12.3. The zero-order chi connectivity index (χ0) is 89.7. The van der Waals surface area contributed by atoms with E-state index in [1.165, 1.54) is 13.8 Å². The van der Waals surface area contributed by atoms with Crippen LogP contribution >= 0.6 is 23.6 Å². The van der Waals surface area contributed by atoms with Crippen molar-refractivity contribution in [3.63, 3.8) is 0 Å². The topological polar surface area (TPSA) is 392 Å². The van der Waals surface area contributed by atoms with E-state index < -0.39 is 206 Å². The molecule has 2 heterocycles. The van der Waals surface area contributed by atoms with Gasteiger partial charge in [-0.2, -0.15) is 123 Å². The van der Waals surface area contributed by atoms with E-state index in [1.54, 1.807) is 20.8 Å². The molecule has 0 amide bonds. The summed E-state index contributed by atoms with van der Waals surface area (Å²) in [6, 6.07) is 0. The second-order valence-corrected chi connectivity index (χ2v) is 21.2. The quantitative estimate of drug-likeness (QED) is 0.0302. The van der Waals surface area contributed by atoms with E-state index in [1.807, 2.05) is 0 Å². The van der Waals surface area contributed by atoms with E-state index in [9.17, 15) is 188 Å². The summed E-state index contributed by atoms with van der Waals surface area (Å²) >= 11 is 0. The molecule has 2 saturated heterocycles. The van der Waals surface area contributed by atoms with E-state index in [2.05, 4.69) is 88.9 Å². The first-order chi connectivity index (χ1) is 49.6. The van der Waals surface area contributed by atoms with Crippen molar-refractivity contribution in [3.05, 3.63) is 0 Å². The van der Waals surface area contributed by atoms with Crippen LogP contribution in [0.25, 0.3) is 0 Å². The molecule has 0 bridgehead atoms. The number of methoxy groups -OCH3 is 2. The van der Waals surface area contributed by atoms with Gasteiger partial charge in [0.15, 0.2) is 45.7 Å². The Morgan fingerprint density at radius 2 is 0.788 bits per heavy atom. The van der Waals surface area contributed by atoms with Crippen LogP contribution in [0.5, 0.6) is 0 Å². The average molecular weight is 1810 g/mol. The predicted molar refractivity (Wildman–Crippen MR) is 283 cm³/mol. The van der Waals surface area contributed by atoms with E-state index in [-0.39, 0.29) is 83.8 Å². The minimum atomic E-state index is -5.89. The minimum absolute atomic E-state index is 0. The molecule has 0 saturated carbocycles. The second kappa shape index (κ2) is 62.5. The molecule has 68 heteroatoms. The third-order valence-corrected chi connectivity index (χ3v) is 10.1. The molecule has 0 aliphatic carbocycles. The fourth-order valence-corrected chi connectivity index (χ4v) is 5.43. The number of alkyl halides is 30. The van der Waals surface area contributed by atoms with Crippen molar-refractivity contribution in [2.75, 3.05) is 107 Å². The van der Waals surface area contributed by atoms with Crippen LogP contribution in [0.3, 0.4) is 0 Å². The van der Waals surface area contributed by atoms with Crippen molar-refractivity contribution in [1.29, 1.82) is 0 Å². The summed E-state index contributed by atoms with van der Waals surface area (Å²) in [4.78, 5) is 89.7. The number of phosphoric ester groups is 2. The Balaban J connectivity index is -0.000000132. The van der Waals surface area contributed by atoms with E-state index in [4.69, 9.17) is 9.46 Å². The van der Waals surface area contributed by atoms with Gasteiger partial charge in [0.2, 0.25) is 0 Å². The van der Waals surface area contributed by atoms with Crippen LogP contribution in [-0.2, 0) is 103 Å². The molecule has 31 nitrogen and oxygen atoms in total. The van der Waals surface area contributed by atoms with Gasteiger partial charge in [0.1, 0.15) is 19.3 Å². The summed E-state index contributed by atoms with van der Waals surface area (Å²) in [7, 11) is -12.1. The molecule has 2 unspecified atom stereocenters. The average Bonchev–Trinajstić information content (AvgIpc) is 1.31. The first-order valence-corrected chi connectivity index (χ1v) is 31.7. The Labute approximate surface area is 636 Å². The number of halogens is 32. The number of carbonyl (C=O) groups excluding carboxylic acids is 7. The molecule has 0 aromatic heterocycles. The van der Waals surface area contributed by atoms with Gasteiger partial charge >= 0.3 is 152 Å². The SMILES string of the molecule is CCCOC(=O)OC(C(F)(F)F)C(F)(F)F.CCCOC(=O)OCC(F)(F)F.CCOC(=O)OCC(F)(F)F.CCOP(=O)([O-])OCC.COC(=O)OCC(F)(F)F.COC(=O)OCC(F)F.COP(=O)(OCC(F)(F)F)OCC(F)(F)F.O=C1OCC(C(F)F)O1.O=C1OCC(CC(F)(F)C(F)(F)F)O1.O=P([O-])(F)F.[Li+].[Li+]. The Bertz CT molecular complexity index is 2640. The Kier molecular flexibility index (Phi) is 70.8. The number of rotatable bonds is 23. The molecule has 113 heavy (non-hydrogen) atoms. The van der Waals surface area contributed by atoms with Gasteiger partial charge in [0, 0.05) is 7.11 Å². The maximum atomic E-state index is 12.3. The van der Waals surface area contributed by atoms with Gasteiger partial charge in [-0.15, -0.1) is 0 Å². The van der Waals surface area contributed by atoms with Crippen LogP contribution < -0.4 is 47.5 Å². The van der Waals surface area contributed by atoms with Gasteiger partial charge in [-0.25, -0.2) is 55.7 Å². The van der Waals surface area contributed by atoms with E-state index in [0.29, 0.717) is 13.5 Å². The van der Waals surface area contributed by atoms with Gasteiger partial charge in [-0.1, -0.05) is 13.8 Å². The first kappa shape index (κ1) is 128. The molecular formula is C45H61F32Li2O31P3. The van der Waals surface area contributed by atoms with Gasteiger partial charge in [-0.05, 0) is 33.6 Å². The fourth-order valence-electron chi connectivity index (χ4n) is 3.83. The van der Waals surface area contributed by atoms with E-state index >= 15 is 0 Å². The Hall–Kier alpha value is -5.75. The van der Waals surface area contributed by atoms with Crippen LogP contribution in [0.15, 0.2) is 0 Å². The molecule has 0 aromatic carbocycles. The molecule has 2 fully saturated rings. The molecule has 0 spiro atoms. The van der Waals surface area contributed by atoms with Crippen LogP contribution in [0.2, 0.25) is 0 Å². The summed E-state index contributed by atoms with van der Waals surface area (Å²) in [6.07, 6.45) is -62.7. The van der Waals surface area contributed by atoms with E-state index in [0.717, 1.165) is 14.2 Å². The first-order valence-electron chi connectivity index (χ1n) is 27.4. The number of hydrogen-bond acceptors (Lipinski definition) is 31. The number of cyclic esters (lactones) is 4. The third kappa shape index (κ3) is 96.8. The van der Waals surface area contributed by atoms with Crippen molar-refractivity contribution < 1.29 is 324 Å². The third-order valence-electron chi connectivity index (χ3n) is 7.65.